The smallest absolute Gasteiger partial charge is 0.0593 e. The number of hydrogen-bond donors (Lipinski definition) is 1. The van der Waals surface area contributed by atoms with Crippen LogP contribution < -0.4 is 5.32 Å². The molecule has 1 aliphatic rings. The molecule has 3 unspecified atom stereocenters. The lowest BCUT2D eigenvalue weighted by Crippen LogP contribution is -2.54. The maximum absolute atomic E-state index is 5.70. The number of likely N-dealkylation sites (tertiary alicyclic amines) is 1. The van der Waals surface area contributed by atoms with Crippen LogP contribution in [0.25, 0.3) is 0 Å². The lowest BCUT2D eigenvalue weighted by atomic mass is 9.87. The van der Waals surface area contributed by atoms with Gasteiger partial charge in [-0.2, -0.15) is 0 Å². The van der Waals surface area contributed by atoms with E-state index in [9.17, 15) is 0 Å². The third kappa shape index (κ3) is 4.87. The van der Waals surface area contributed by atoms with Gasteiger partial charge in [0.2, 0.25) is 0 Å². The Hall–Kier alpha value is -0.120. The summed E-state index contributed by atoms with van der Waals surface area (Å²) in [5, 5.41) is 3.61. The number of ether oxygens (including phenoxy) is 1. The first-order valence-electron chi connectivity index (χ1n) is 7.61. The van der Waals surface area contributed by atoms with Crippen molar-refractivity contribution in [3.8, 4) is 0 Å². The van der Waals surface area contributed by atoms with Crippen molar-refractivity contribution in [1.82, 2.24) is 10.2 Å². The van der Waals surface area contributed by atoms with Crippen LogP contribution in [-0.2, 0) is 4.74 Å². The van der Waals surface area contributed by atoms with Crippen LogP contribution in [0.4, 0.5) is 0 Å². The minimum Gasteiger partial charge on any atom is -0.380 e. The Morgan fingerprint density at radius 3 is 2.67 bits per heavy atom. The first-order chi connectivity index (χ1) is 8.56. The van der Waals surface area contributed by atoms with Gasteiger partial charge in [-0.05, 0) is 31.7 Å². The van der Waals surface area contributed by atoms with Crippen LogP contribution in [0.5, 0.6) is 0 Å². The van der Waals surface area contributed by atoms with Gasteiger partial charge < -0.3 is 10.1 Å². The van der Waals surface area contributed by atoms with Crippen LogP contribution in [0.2, 0.25) is 0 Å². The molecule has 18 heavy (non-hydrogen) atoms. The van der Waals surface area contributed by atoms with E-state index in [4.69, 9.17) is 4.74 Å². The lowest BCUT2D eigenvalue weighted by molar-refractivity contribution is 0.0379. The van der Waals surface area contributed by atoms with Gasteiger partial charge in [-0.25, -0.2) is 0 Å². The van der Waals surface area contributed by atoms with Crippen molar-refractivity contribution in [1.29, 1.82) is 0 Å². The Kier molecular flexibility index (Phi) is 7.20. The molecule has 1 heterocycles. The highest BCUT2D eigenvalue weighted by Crippen LogP contribution is 2.23. The van der Waals surface area contributed by atoms with Gasteiger partial charge in [-0.3, -0.25) is 4.90 Å². The van der Waals surface area contributed by atoms with Gasteiger partial charge in [0.15, 0.2) is 0 Å². The van der Waals surface area contributed by atoms with Crippen molar-refractivity contribution in [2.24, 2.45) is 11.8 Å². The van der Waals surface area contributed by atoms with Gasteiger partial charge in [0.25, 0.3) is 0 Å². The van der Waals surface area contributed by atoms with Gasteiger partial charge >= 0.3 is 0 Å². The summed E-state index contributed by atoms with van der Waals surface area (Å²) in [6.45, 7) is 16.5. The standard InChI is InChI=1S/C15H32N2O/c1-6-16-15-7-8-17(14(5)13(15)4)9-10-18-11-12(2)3/h12-16H,6-11H2,1-5H3. The fraction of sp³-hybridized carbons (Fsp3) is 1.00. The summed E-state index contributed by atoms with van der Waals surface area (Å²) in [5.74, 6) is 1.37. The minimum atomic E-state index is 0.640. The van der Waals surface area contributed by atoms with E-state index < -0.39 is 0 Å². The summed E-state index contributed by atoms with van der Waals surface area (Å²) in [6, 6.07) is 1.35. The van der Waals surface area contributed by atoms with Crippen molar-refractivity contribution in [2.45, 2.75) is 53.1 Å². The zero-order chi connectivity index (χ0) is 13.5. The average molecular weight is 256 g/mol. The quantitative estimate of drug-likeness (QED) is 0.708. The van der Waals surface area contributed by atoms with Crippen LogP contribution in [0.1, 0.15) is 41.0 Å². The zero-order valence-corrected chi connectivity index (χ0v) is 12.9. The molecular weight excluding hydrogens is 224 g/mol. The third-order valence-corrected chi connectivity index (χ3v) is 4.14. The number of piperidine rings is 1. The number of nitrogens with one attached hydrogen (secondary N) is 1. The van der Waals surface area contributed by atoms with Crippen LogP contribution in [-0.4, -0.2) is 49.8 Å². The van der Waals surface area contributed by atoms with Gasteiger partial charge in [0.05, 0.1) is 6.61 Å². The molecule has 0 radical (unpaired) electrons. The molecule has 1 rings (SSSR count). The fourth-order valence-electron chi connectivity index (χ4n) is 2.81. The predicted octanol–water partition coefficient (Wildman–Crippen LogP) is 2.37. The molecule has 1 aliphatic heterocycles. The maximum atomic E-state index is 5.70. The van der Waals surface area contributed by atoms with E-state index in [1.807, 2.05) is 0 Å². The second-order valence-corrected chi connectivity index (χ2v) is 6.06. The number of nitrogens with zero attached hydrogens (tertiary/aromatic N) is 1. The molecular formula is C15H32N2O. The van der Waals surface area contributed by atoms with E-state index in [0.717, 1.165) is 32.2 Å². The molecule has 3 heteroatoms. The lowest BCUT2D eigenvalue weighted by Gasteiger charge is -2.43. The van der Waals surface area contributed by atoms with Crippen molar-refractivity contribution < 1.29 is 4.74 Å². The first kappa shape index (κ1) is 15.9. The molecule has 0 amide bonds. The molecule has 1 fully saturated rings. The van der Waals surface area contributed by atoms with Crippen LogP contribution in [0, 0.1) is 11.8 Å². The van der Waals surface area contributed by atoms with Gasteiger partial charge in [-0.1, -0.05) is 27.7 Å². The van der Waals surface area contributed by atoms with Crippen molar-refractivity contribution in [3.63, 3.8) is 0 Å². The summed E-state index contributed by atoms with van der Waals surface area (Å²) >= 11 is 0. The van der Waals surface area contributed by atoms with Crippen molar-refractivity contribution in [3.05, 3.63) is 0 Å². The molecule has 0 aromatic rings. The Balaban J connectivity index is 2.27. The van der Waals surface area contributed by atoms with E-state index in [2.05, 4.69) is 44.8 Å². The molecule has 0 aromatic carbocycles. The largest absolute Gasteiger partial charge is 0.380 e. The molecule has 0 bridgehead atoms. The summed E-state index contributed by atoms with van der Waals surface area (Å²) in [4.78, 5) is 2.58. The molecule has 1 N–H and O–H groups in total. The molecule has 108 valence electrons. The Morgan fingerprint density at radius 2 is 2.06 bits per heavy atom. The summed E-state index contributed by atoms with van der Waals surface area (Å²) < 4.78 is 5.70. The molecule has 3 nitrogen and oxygen atoms in total. The van der Waals surface area contributed by atoms with E-state index in [0.29, 0.717) is 18.0 Å². The second-order valence-electron chi connectivity index (χ2n) is 6.06. The average Bonchev–Trinajstić information content (AvgIpc) is 2.33. The van der Waals surface area contributed by atoms with E-state index in [1.54, 1.807) is 0 Å². The first-order valence-corrected chi connectivity index (χ1v) is 7.61. The SMILES string of the molecule is CCNC1CCN(CCOCC(C)C)C(C)C1C. The van der Waals surface area contributed by atoms with Crippen LogP contribution in [0.15, 0.2) is 0 Å². The van der Waals surface area contributed by atoms with Crippen LogP contribution >= 0.6 is 0 Å². The number of hydrogen-bond acceptors (Lipinski definition) is 3. The highest BCUT2D eigenvalue weighted by molar-refractivity contribution is 4.88. The monoisotopic (exact) mass is 256 g/mol. The summed E-state index contributed by atoms with van der Waals surface area (Å²) in [7, 11) is 0. The molecule has 1 saturated heterocycles. The second kappa shape index (κ2) is 8.13. The zero-order valence-electron chi connectivity index (χ0n) is 12.9. The highest BCUT2D eigenvalue weighted by Gasteiger charge is 2.31. The van der Waals surface area contributed by atoms with Gasteiger partial charge in [-0.15, -0.1) is 0 Å². The molecule has 0 saturated carbocycles. The Morgan fingerprint density at radius 1 is 1.33 bits per heavy atom. The van der Waals surface area contributed by atoms with E-state index in [1.165, 1.54) is 13.0 Å². The Labute approximate surface area is 113 Å². The van der Waals surface area contributed by atoms with Crippen molar-refractivity contribution >= 4 is 0 Å². The summed E-state index contributed by atoms with van der Waals surface area (Å²) in [6.07, 6.45) is 1.27. The van der Waals surface area contributed by atoms with Crippen molar-refractivity contribution in [2.75, 3.05) is 32.8 Å². The molecule has 0 aliphatic carbocycles. The predicted molar refractivity (Wildman–Crippen MR) is 77.9 cm³/mol. The summed E-state index contributed by atoms with van der Waals surface area (Å²) in [5.41, 5.74) is 0. The molecule has 0 aromatic heterocycles. The Bertz CT molecular complexity index is 221. The van der Waals surface area contributed by atoms with Crippen LogP contribution in [0.3, 0.4) is 0 Å². The minimum absolute atomic E-state index is 0.640. The fourth-order valence-corrected chi connectivity index (χ4v) is 2.81. The van der Waals surface area contributed by atoms with E-state index in [-0.39, 0.29) is 0 Å². The normalized spacial score (nSPS) is 30.0. The van der Waals surface area contributed by atoms with Gasteiger partial charge in [0.1, 0.15) is 0 Å². The molecule has 3 atom stereocenters. The molecule has 0 spiro atoms. The number of rotatable bonds is 7. The third-order valence-electron chi connectivity index (χ3n) is 4.14. The van der Waals surface area contributed by atoms with E-state index >= 15 is 0 Å². The highest BCUT2D eigenvalue weighted by atomic mass is 16.5. The topological polar surface area (TPSA) is 24.5 Å². The van der Waals surface area contributed by atoms with Gasteiger partial charge in [0, 0.05) is 31.8 Å². The maximum Gasteiger partial charge on any atom is 0.0593 e.